The van der Waals surface area contributed by atoms with Crippen molar-refractivity contribution in [3.05, 3.63) is 23.8 Å². The summed E-state index contributed by atoms with van der Waals surface area (Å²) in [6.07, 6.45) is 0. The minimum Gasteiger partial charge on any atom is -0.379 e. The number of hydrogen-bond donors (Lipinski definition) is 3. The van der Waals surface area contributed by atoms with E-state index in [1.165, 1.54) is 0 Å². The van der Waals surface area contributed by atoms with E-state index >= 15 is 0 Å². The van der Waals surface area contributed by atoms with Crippen molar-refractivity contribution in [3.8, 4) is 0 Å². The van der Waals surface area contributed by atoms with Gasteiger partial charge in [-0.25, -0.2) is 0 Å². The first kappa shape index (κ1) is 9.89. The molecule has 1 aromatic carbocycles. The standard InChI is InChI=1S/C8H9NS3/c1-9-8(12)6-3-2-5(10)4-7(6)11/h2-4,10-11H,1H3,(H,9,12). The Morgan fingerprint density at radius 2 is 2.08 bits per heavy atom. The molecule has 64 valence electrons. The van der Waals surface area contributed by atoms with Crippen LogP contribution in [0.5, 0.6) is 0 Å². The molecule has 1 rings (SSSR count). The third kappa shape index (κ3) is 2.15. The highest BCUT2D eigenvalue weighted by Gasteiger charge is 2.02. The minimum absolute atomic E-state index is 0.702. The van der Waals surface area contributed by atoms with Gasteiger partial charge in [0.25, 0.3) is 0 Å². The van der Waals surface area contributed by atoms with Crippen molar-refractivity contribution in [1.29, 1.82) is 0 Å². The summed E-state index contributed by atoms with van der Waals surface area (Å²) >= 11 is 13.5. The van der Waals surface area contributed by atoms with Crippen LogP contribution in [0.25, 0.3) is 0 Å². The van der Waals surface area contributed by atoms with Crippen LogP contribution in [0.1, 0.15) is 5.56 Å². The van der Waals surface area contributed by atoms with Gasteiger partial charge in [-0.05, 0) is 18.2 Å². The van der Waals surface area contributed by atoms with E-state index < -0.39 is 0 Å². The Kier molecular flexibility index (Phi) is 3.43. The predicted octanol–water partition coefficient (Wildman–Crippen LogP) is 2.16. The molecule has 0 saturated carbocycles. The van der Waals surface area contributed by atoms with E-state index in [0.29, 0.717) is 4.99 Å². The van der Waals surface area contributed by atoms with Crippen LogP contribution in [0.15, 0.2) is 28.0 Å². The molecule has 0 radical (unpaired) electrons. The molecular formula is C8H9NS3. The number of thiol groups is 2. The number of hydrogen-bond acceptors (Lipinski definition) is 3. The second-order valence-corrected chi connectivity index (χ2v) is 3.69. The maximum absolute atomic E-state index is 5.07. The highest BCUT2D eigenvalue weighted by Crippen LogP contribution is 2.18. The van der Waals surface area contributed by atoms with Gasteiger partial charge in [0.15, 0.2) is 0 Å². The number of nitrogens with one attached hydrogen (secondary N) is 1. The highest BCUT2D eigenvalue weighted by molar-refractivity contribution is 7.82. The molecular weight excluding hydrogens is 206 g/mol. The van der Waals surface area contributed by atoms with E-state index in [0.717, 1.165) is 15.4 Å². The van der Waals surface area contributed by atoms with Crippen LogP contribution in [0.3, 0.4) is 0 Å². The highest BCUT2D eigenvalue weighted by atomic mass is 32.1. The summed E-state index contributed by atoms with van der Waals surface area (Å²) in [4.78, 5) is 2.44. The molecule has 0 fully saturated rings. The lowest BCUT2D eigenvalue weighted by molar-refractivity contribution is 1.18. The van der Waals surface area contributed by atoms with Gasteiger partial charge in [-0.1, -0.05) is 12.2 Å². The Labute approximate surface area is 88.4 Å². The Morgan fingerprint density at radius 3 is 2.58 bits per heavy atom. The molecule has 0 spiro atoms. The Balaban J connectivity index is 3.09. The van der Waals surface area contributed by atoms with Crippen molar-refractivity contribution in [2.45, 2.75) is 9.79 Å². The number of benzene rings is 1. The van der Waals surface area contributed by atoms with E-state index in [2.05, 4.69) is 30.6 Å². The van der Waals surface area contributed by atoms with E-state index in [4.69, 9.17) is 12.2 Å². The molecule has 12 heavy (non-hydrogen) atoms. The zero-order valence-corrected chi connectivity index (χ0v) is 9.14. The maximum atomic E-state index is 5.07. The van der Waals surface area contributed by atoms with Crippen LogP contribution < -0.4 is 5.32 Å². The van der Waals surface area contributed by atoms with Gasteiger partial charge >= 0.3 is 0 Å². The third-order valence-electron chi connectivity index (χ3n) is 1.45. The van der Waals surface area contributed by atoms with Gasteiger partial charge in [0.2, 0.25) is 0 Å². The van der Waals surface area contributed by atoms with Crippen LogP contribution in [0.4, 0.5) is 0 Å². The van der Waals surface area contributed by atoms with Gasteiger partial charge in [-0.2, -0.15) is 0 Å². The number of thiocarbonyl (C=S) groups is 1. The molecule has 0 aliphatic heterocycles. The van der Waals surface area contributed by atoms with Gasteiger partial charge in [-0.15, -0.1) is 25.3 Å². The Bertz CT molecular complexity index is 309. The fourth-order valence-electron chi connectivity index (χ4n) is 0.847. The van der Waals surface area contributed by atoms with Gasteiger partial charge < -0.3 is 5.32 Å². The summed E-state index contributed by atoms with van der Waals surface area (Å²) in [7, 11) is 1.80. The fourth-order valence-corrected chi connectivity index (χ4v) is 1.73. The van der Waals surface area contributed by atoms with Crippen LogP contribution >= 0.6 is 37.5 Å². The van der Waals surface area contributed by atoms with Crippen molar-refractivity contribution in [3.63, 3.8) is 0 Å². The summed E-state index contributed by atoms with van der Waals surface area (Å²) in [5.74, 6) is 0. The summed E-state index contributed by atoms with van der Waals surface area (Å²) in [5.41, 5.74) is 0.939. The molecule has 0 bridgehead atoms. The largest absolute Gasteiger partial charge is 0.379 e. The van der Waals surface area contributed by atoms with Crippen LogP contribution in [-0.2, 0) is 0 Å². The first-order valence-corrected chi connectivity index (χ1v) is 4.69. The van der Waals surface area contributed by atoms with E-state index in [9.17, 15) is 0 Å². The molecule has 1 N–H and O–H groups in total. The monoisotopic (exact) mass is 215 g/mol. The molecule has 4 heteroatoms. The molecule has 1 nitrogen and oxygen atoms in total. The summed E-state index contributed by atoms with van der Waals surface area (Å²) in [6.45, 7) is 0. The third-order valence-corrected chi connectivity index (χ3v) is 2.53. The fraction of sp³-hybridized carbons (Fsp3) is 0.125. The molecule has 0 aromatic heterocycles. The molecule has 0 aliphatic rings. The van der Waals surface area contributed by atoms with Gasteiger partial charge in [0, 0.05) is 22.4 Å². The van der Waals surface area contributed by atoms with Crippen molar-refractivity contribution in [2.75, 3.05) is 7.05 Å². The zero-order valence-electron chi connectivity index (χ0n) is 6.53. The lowest BCUT2D eigenvalue weighted by Gasteiger charge is -2.06. The average molecular weight is 215 g/mol. The average Bonchev–Trinajstić information content (AvgIpc) is 2.03. The Hall–Kier alpha value is -0.190. The lowest BCUT2D eigenvalue weighted by Crippen LogP contribution is -2.16. The topological polar surface area (TPSA) is 12.0 Å². The van der Waals surface area contributed by atoms with Crippen molar-refractivity contribution < 1.29 is 0 Å². The lowest BCUT2D eigenvalue weighted by atomic mass is 10.2. The molecule has 1 aromatic rings. The van der Waals surface area contributed by atoms with Gasteiger partial charge in [0.1, 0.15) is 4.99 Å². The van der Waals surface area contributed by atoms with Gasteiger partial charge in [-0.3, -0.25) is 0 Å². The smallest absolute Gasteiger partial charge is 0.107 e. The molecule has 0 atom stereocenters. The van der Waals surface area contributed by atoms with Crippen molar-refractivity contribution in [2.24, 2.45) is 0 Å². The van der Waals surface area contributed by atoms with Crippen molar-refractivity contribution in [1.82, 2.24) is 5.32 Å². The summed E-state index contributed by atoms with van der Waals surface area (Å²) < 4.78 is 0. The quantitative estimate of drug-likeness (QED) is 0.490. The van der Waals surface area contributed by atoms with Crippen LogP contribution in [-0.4, -0.2) is 12.0 Å². The maximum Gasteiger partial charge on any atom is 0.107 e. The Morgan fingerprint density at radius 1 is 1.42 bits per heavy atom. The zero-order chi connectivity index (χ0) is 9.14. The molecule has 0 heterocycles. The van der Waals surface area contributed by atoms with E-state index in [1.54, 1.807) is 7.05 Å². The SMILES string of the molecule is CNC(=S)c1ccc(S)cc1S. The van der Waals surface area contributed by atoms with Crippen LogP contribution in [0, 0.1) is 0 Å². The molecule has 0 amide bonds. The molecule has 0 unspecified atom stereocenters. The van der Waals surface area contributed by atoms with Crippen LogP contribution in [0.2, 0.25) is 0 Å². The van der Waals surface area contributed by atoms with Gasteiger partial charge in [0.05, 0.1) is 0 Å². The first-order chi connectivity index (χ1) is 5.65. The second-order valence-electron chi connectivity index (χ2n) is 2.28. The normalized spacial score (nSPS) is 9.58. The first-order valence-electron chi connectivity index (χ1n) is 3.39. The van der Waals surface area contributed by atoms with E-state index in [1.807, 2.05) is 18.2 Å². The summed E-state index contributed by atoms with van der Waals surface area (Å²) in [6, 6.07) is 5.66. The molecule has 0 aliphatic carbocycles. The van der Waals surface area contributed by atoms with E-state index in [-0.39, 0.29) is 0 Å². The van der Waals surface area contributed by atoms with Crippen molar-refractivity contribution >= 4 is 42.5 Å². The number of rotatable bonds is 1. The second kappa shape index (κ2) is 4.16. The summed E-state index contributed by atoms with van der Waals surface area (Å²) in [5, 5.41) is 2.90. The minimum atomic E-state index is 0.702. The predicted molar refractivity (Wildman–Crippen MR) is 61.7 cm³/mol. The molecule has 0 saturated heterocycles.